The van der Waals surface area contributed by atoms with Gasteiger partial charge in [0.25, 0.3) is 5.66 Å². The molecule has 0 saturated heterocycles. The van der Waals surface area contributed by atoms with E-state index in [1.165, 1.54) is 9.24 Å². The van der Waals surface area contributed by atoms with E-state index in [0.29, 0.717) is 5.75 Å². The van der Waals surface area contributed by atoms with E-state index in [2.05, 4.69) is 0 Å². The summed E-state index contributed by atoms with van der Waals surface area (Å²) in [6.45, 7) is 3.39. The zero-order valence-electron chi connectivity index (χ0n) is 8.84. The Balaban J connectivity index is 2.76. The van der Waals surface area contributed by atoms with E-state index < -0.39 is 12.3 Å². The lowest BCUT2D eigenvalue weighted by atomic mass is 10.0. The van der Waals surface area contributed by atoms with Gasteiger partial charge in [-0.2, -0.15) is 8.78 Å². The molecule has 0 aromatic heterocycles. The Hall–Kier alpha value is -0.690. The molecule has 0 aliphatic rings. The minimum absolute atomic E-state index is 0.263. The van der Waals surface area contributed by atoms with Crippen molar-refractivity contribution >= 4 is 9.24 Å². The summed E-state index contributed by atoms with van der Waals surface area (Å²) in [5.74, 6) is 0.800. The average molecular weight is 232 g/mol. The Morgan fingerprint density at radius 2 is 1.93 bits per heavy atom. The lowest BCUT2D eigenvalue weighted by molar-refractivity contribution is 0.0457. The van der Waals surface area contributed by atoms with Crippen LogP contribution in [0.15, 0.2) is 24.3 Å². The van der Waals surface area contributed by atoms with Gasteiger partial charge in [-0.05, 0) is 17.5 Å². The molecule has 0 N–H and O–H groups in total. The van der Waals surface area contributed by atoms with Gasteiger partial charge < -0.3 is 4.74 Å². The van der Waals surface area contributed by atoms with Crippen LogP contribution in [-0.2, 0) is 0 Å². The molecule has 0 bridgehead atoms. The van der Waals surface area contributed by atoms with Crippen LogP contribution in [0, 0.1) is 0 Å². The predicted octanol–water partition coefficient (Wildman–Crippen LogP) is 3.66. The van der Waals surface area contributed by atoms with Crippen LogP contribution >= 0.6 is 9.24 Å². The van der Waals surface area contributed by atoms with E-state index in [1.807, 2.05) is 26.0 Å². The second kappa shape index (κ2) is 4.89. The van der Waals surface area contributed by atoms with Gasteiger partial charge in [-0.1, -0.05) is 41.3 Å². The first-order valence-electron chi connectivity index (χ1n) is 4.78. The molecule has 1 aromatic rings. The normalized spacial score (nSPS) is 11.9. The second-order valence-corrected chi connectivity index (χ2v) is 4.59. The fraction of sp³-hybridized carbons (Fsp3) is 0.455. The molecule has 1 aromatic carbocycles. The maximum absolute atomic E-state index is 12.6. The molecule has 4 heteroatoms. The summed E-state index contributed by atoms with van der Waals surface area (Å²) in [4.78, 5) is 0. The number of ether oxygens (including phenoxy) is 1. The van der Waals surface area contributed by atoms with E-state index >= 15 is 0 Å². The molecule has 0 aliphatic heterocycles. The Labute approximate surface area is 91.0 Å². The van der Waals surface area contributed by atoms with Crippen LogP contribution in [-0.4, -0.2) is 12.3 Å². The Morgan fingerprint density at radius 1 is 1.33 bits per heavy atom. The lowest BCUT2D eigenvalue weighted by Gasteiger charge is -2.16. The van der Waals surface area contributed by atoms with Crippen molar-refractivity contribution in [3.63, 3.8) is 0 Å². The van der Waals surface area contributed by atoms with Crippen LogP contribution in [0.1, 0.15) is 25.3 Å². The summed E-state index contributed by atoms with van der Waals surface area (Å²) in [6.07, 6.45) is 0. The van der Waals surface area contributed by atoms with Crippen molar-refractivity contribution in [1.82, 2.24) is 0 Å². The van der Waals surface area contributed by atoms with Crippen molar-refractivity contribution in [3.05, 3.63) is 29.8 Å². The van der Waals surface area contributed by atoms with Gasteiger partial charge in [0, 0.05) is 0 Å². The van der Waals surface area contributed by atoms with Crippen molar-refractivity contribution in [3.8, 4) is 5.75 Å². The third-order valence-electron chi connectivity index (χ3n) is 1.96. The number of benzene rings is 1. The van der Waals surface area contributed by atoms with E-state index in [4.69, 9.17) is 4.74 Å². The molecule has 84 valence electrons. The highest BCUT2D eigenvalue weighted by Gasteiger charge is 2.22. The fourth-order valence-corrected chi connectivity index (χ4v) is 1.35. The summed E-state index contributed by atoms with van der Waals surface area (Å²) in [5, 5.41) is 0. The summed E-state index contributed by atoms with van der Waals surface area (Å²) in [5.41, 5.74) is -1.92. The highest BCUT2D eigenvalue weighted by Crippen LogP contribution is 2.28. The molecular formula is C11H15F2OP. The summed E-state index contributed by atoms with van der Waals surface area (Å²) >= 11 is 0. The fourth-order valence-electron chi connectivity index (χ4n) is 1.26. The van der Waals surface area contributed by atoms with Crippen molar-refractivity contribution in [1.29, 1.82) is 0 Å². The number of alkyl halides is 2. The predicted molar refractivity (Wildman–Crippen MR) is 60.7 cm³/mol. The number of hydrogen-bond donors (Lipinski definition) is 0. The summed E-state index contributed by atoms with van der Waals surface area (Å²) in [6, 6.07) is 7.26. The van der Waals surface area contributed by atoms with Gasteiger partial charge in [0.05, 0.1) is 0 Å². The zero-order chi connectivity index (χ0) is 11.5. The Bertz CT molecular complexity index is 321. The first-order valence-corrected chi connectivity index (χ1v) is 5.36. The molecule has 0 amide bonds. The molecule has 0 heterocycles. The van der Waals surface area contributed by atoms with Crippen LogP contribution in [0.25, 0.3) is 0 Å². The number of hydrogen-bond acceptors (Lipinski definition) is 1. The number of halogens is 2. The quantitative estimate of drug-likeness (QED) is 0.720. The van der Waals surface area contributed by atoms with Crippen molar-refractivity contribution in [2.24, 2.45) is 0 Å². The Kier molecular flexibility index (Phi) is 4.04. The SMILES string of the molecule is CC(C)c1ccccc1OCC(F)(F)P. The molecule has 1 rings (SSSR count). The first kappa shape index (κ1) is 12.4. The van der Waals surface area contributed by atoms with E-state index in [0.717, 1.165) is 5.56 Å². The summed E-state index contributed by atoms with van der Waals surface area (Å²) < 4.78 is 30.2. The molecule has 0 saturated carbocycles. The second-order valence-electron chi connectivity index (χ2n) is 3.74. The standard InChI is InChI=1S/C11H15F2OP/c1-8(2)9-5-3-4-6-10(9)14-7-11(12,13)15/h3-6,8H,7,15H2,1-2H3. The van der Waals surface area contributed by atoms with Gasteiger partial charge in [-0.25, -0.2) is 0 Å². The van der Waals surface area contributed by atoms with Gasteiger partial charge in [0.15, 0.2) is 6.61 Å². The van der Waals surface area contributed by atoms with Gasteiger partial charge in [0.1, 0.15) is 5.75 Å². The van der Waals surface area contributed by atoms with Crippen molar-refractivity contribution in [2.45, 2.75) is 25.4 Å². The van der Waals surface area contributed by atoms with E-state index in [1.54, 1.807) is 12.1 Å². The molecule has 0 fully saturated rings. The van der Waals surface area contributed by atoms with Crippen LogP contribution < -0.4 is 4.74 Å². The maximum Gasteiger partial charge on any atom is 0.291 e. The first-order chi connectivity index (χ1) is 6.90. The zero-order valence-corrected chi connectivity index (χ0v) is 9.99. The largest absolute Gasteiger partial charge is 0.487 e. The van der Waals surface area contributed by atoms with Gasteiger partial charge in [-0.15, -0.1) is 0 Å². The lowest BCUT2D eigenvalue weighted by Crippen LogP contribution is -2.17. The minimum atomic E-state index is -2.87. The molecule has 1 nitrogen and oxygen atoms in total. The number of rotatable bonds is 4. The van der Waals surface area contributed by atoms with Crippen LogP contribution in [0.5, 0.6) is 5.75 Å². The van der Waals surface area contributed by atoms with Crippen molar-refractivity contribution < 1.29 is 13.5 Å². The Morgan fingerprint density at radius 3 is 2.47 bits per heavy atom. The molecule has 0 radical (unpaired) electrons. The van der Waals surface area contributed by atoms with Gasteiger partial charge in [0.2, 0.25) is 0 Å². The van der Waals surface area contributed by atoms with E-state index in [9.17, 15) is 8.78 Å². The van der Waals surface area contributed by atoms with Crippen LogP contribution in [0.3, 0.4) is 0 Å². The van der Waals surface area contributed by atoms with Crippen LogP contribution in [0.2, 0.25) is 0 Å². The van der Waals surface area contributed by atoms with E-state index in [-0.39, 0.29) is 5.92 Å². The smallest absolute Gasteiger partial charge is 0.291 e. The topological polar surface area (TPSA) is 9.23 Å². The molecule has 0 spiro atoms. The highest BCUT2D eigenvalue weighted by atomic mass is 31.0. The molecule has 0 aliphatic carbocycles. The molecule has 15 heavy (non-hydrogen) atoms. The summed E-state index contributed by atoms with van der Waals surface area (Å²) in [7, 11) is 1.47. The van der Waals surface area contributed by atoms with Gasteiger partial charge >= 0.3 is 0 Å². The average Bonchev–Trinajstić information content (AvgIpc) is 2.14. The molecular weight excluding hydrogens is 217 g/mol. The van der Waals surface area contributed by atoms with Crippen LogP contribution in [0.4, 0.5) is 8.78 Å². The van der Waals surface area contributed by atoms with Crippen molar-refractivity contribution in [2.75, 3.05) is 6.61 Å². The molecule has 1 unspecified atom stereocenters. The maximum atomic E-state index is 12.6. The highest BCUT2D eigenvalue weighted by molar-refractivity contribution is 7.18. The monoisotopic (exact) mass is 232 g/mol. The van der Waals surface area contributed by atoms with Gasteiger partial charge in [-0.3, -0.25) is 0 Å². The molecule has 1 atom stereocenters. The minimum Gasteiger partial charge on any atom is -0.487 e. The third kappa shape index (κ3) is 4.13. The third-order valence-corrected chi connectivity index (χ3v) is 2.13. The number of para-hydroxylation sites is 1.